The number of hydrogen-bond acceptors (Lipinski definition) is 2. The maximum atomic E-state index is 6.35. The standard InChI is InChI=1S/C16H24BrNS/c1-16(2,3)11-8-9-13(18)15(10-11)19-14-7-5-4-6-12(14)17/h4-7,11,13,15H,8-10,18H2,1-3H3. The molecule has 106 valence electrons. The highest BCUT2D eigenvalue weighted by Gasteiger charge is 2.34. The van der Waals surface area contributed by atoms with Gasteiger partial charge in [-0.25, -0.2) is 0 Å². The smallest absolute Gasteiger partial charge is 0.0311 e. The van der Waals surface area contributed by atoms with Gasteiger partial charge < -0.3 is 5.73 Å². The highest BCUT2D eigenvalue weighted by Crippen LogP contribution is 2.43. The van der Waals surface area contributed by atoms with Crippen LogP contribution in [-0.2, 0) is 0 Å². The molecule has 2 N–H and O–H groups in total. The Morgan fingerprint density at radius 1 is 1.21 bits per heavy atom. The van der Waals surface area contributed by atoms with Crippen molar-refractivity contribution in [3.05, 3.63) is 28.7 Å². The molecular formula is C16H24BrNS. The van der Waals surface area contributed by atoms with E-state index in [4.69, 9.17) is 5.73 Å². The van der Waals surface area contributed by atoms with Gasteiger partial charge in [-0.2, -0.15) is 0 Å². The van der Waals surface area contributed by atoms with Crippen LogP contribution < -0.4 is 5.73 Å². The second kappa shape index (κ2) is 6.19. The molecule has 3 unspecified atom stereocenters. The monoisotopic (exact) mass is 341 g/mol. The number of rotatable bonds is 2. The third-order valence-electron chi connectivity index (χ3n) is 4.18. The minimum Gasteiger partial charge on any atom is -0.327 e. The maximum Gasteiger partial charge on any atom is 0.0311 e. The predicted octanol–water partition coefficient (Wildman–Crippen LogP) is 5.08. The fourth-order valence-corrected chi connectivity index (χ4v) is 4.65. The molecule has 2 rings (SSSR count). The van der Waals surface area contributed by atoms with E-state index in [1.807, 2.05) is 11.8 Å². The molecule has 1 fully saturated rings. The predicted molar refractivity (Wildman–Crippen MR) is 88.6 cm³/mol. The van der Waals surface area contributed by atoms with E-state index in [-0.39, 0.29) is 0 Å². The molecule has 1 aliphatic carbocycles. The van der Waals surface area contributed by atoms with E-state index in [0.717, 1.165) is 12.3 Å². The van der Waals surface area contributed by atoms with Crippen molar-refractivity contribution in [1.29, 1.82) is 0 Å². The first-order chi connectivity index (χ1) is 8.88. The van der Waals surface area contributed by atoms with Gasteiger partial charge in [0.15, 0.2) is 0 Å². The largest absolute Gasteiger partial charge is 0.327 e. The molecule has 0 radical (unpaired) electrons. The average molecular weight is 342 g/mol. The van der Waals surface area contributed by atoms with E-state index in [1.54, 1.807) is 0 Å². The summed E-state index contributed by atoms with van der Waals surface area (Å²) in [7, 11) is 0. The van der Waals surface area contributed by atoms with Crippen molar-refractivity contribution in [2.45, 2.75) is 56.2 Å². The lowest BCUT2D eigenvalue weighted by Gasteiger charge is -2.40. The molecule has 19 heavy (non-hydrogen) atoms. The number of halogens is 1. The summed E-state index contributed by atoms with van der Waals surface area (Å²) in [5.74, 6) is 0.785. The van der Waals surface area contributed by atoms with Gasteiger partial charge in [0.2, 0.25) is 0 Å². The molecule has 1 nitrogen and oxygen atoms in total. The molecule has 0 aromatic heterocycles. The molecule has 1 aromatic carbocycles. The number of thioether (sulfide) groups is 1. The topological polar surface area (TPSA) is 26.0 Å². The van der Waals surface area contributed by atoms with Crippen LogP contribution in [0.1, 0.15) is 40.0 Å². The van der Waals surface area contributed by atoms with Gasteiger partial charge in [0, 0.05) is 20.7 Å². The minimum atomic E-state index is 0.329. The summed E-state index contributed by atoms with van der Waals surface area (Å²) in [6, 6.07) is 8.78. The van der Waals surface area contributed by atoms with Crippen molar-refractivity contribution in [2.24, 2.45) is 17.1 Å². The van der Waals surface area contributed by atoms with E-state index < -0.39 is 0 Å². The zero-order valence-corrected chi connectivity index (χ0v) is 14.4. The lowest BCUT2D eigenvalue weighted by molar-refractivity contribution is 0.174. The van der Waals surface area contributed by atoms with Crippen molar-refractivity contribution >= 4 is 27.7 Å². The van der Waals surface area contributed by atoms with Gasteiger partial charge in [-0.05, 0) is 58.7 Å². The van der Waals surface area contributed by atoms with Crippen molar-refractivity contribution in [1.82, 2.24) is 0 Å². The zero-order valence-electron chi connectivity index (χ0n) is 12.0. The molecule has 0 bridgehead atoms. The van der Waals surface area contributed by atoms with Crippen LogP contribution in [0.25, 0.3) is 0 Å². The van der Waals surface area contributed by atoms with Gasteiger partial charge in [-0.15, -0.1) is 11.8 Å². The molecule has 1 aromatic rings. The van der Waals surface area contributed by atoms with Crippen LogP contribution in [0.15, 0.2) is 33.6 Å². The zero-order chi connectivity index (χ0) is 14.0. The molecule has 0 amide bonds. The first kappa shape index (κ1) is 15.4. The van der Waals surface area contributed by atoms with Crippen molar-refractivity contribution < 1.29 is 0 Å². The third kappa shape index (κ3) is 3.99. The average Bonchev–Trinajstić information content (AvgIpc) is 2.33. The van der Waals surface area contributed by atoms with Crippen LogP contribution in [0.2, 0.25) is 0 Å². The van der Waals surface area contributed by atoms with E-state index in [9.17, 15) is 0 Å². The van der Waals surface area contributed by atoms with E-state index >= 15 is 0 Å². The molecule has 0 heterocycles. The van der Waals surface area contributed by atoms with Crippen LogP contribution in [-0.4, -0.2) is 11.3 Å². The van der Waals surface area contributed by atoms with Crippen molar-refractivity contribution in [2.75, 3.05) is 0 Å². The van der Waals surface area contributed by atoms with Crippen LogP contribution >= 0.6 is 27.7 Å². The Hall–Kier alpha value is 0.01000. The molecule has 1 aliphatic rings. The van der Waals surface area contributed by atoms with Gasteiger partial charge in [0.1, 0.15) is 0 Å². The van der Waals surface area contributed by atoms with Crippen LogP contribution in [0.3, 0.4) is 0 Å². The summed E-state index contributed by atoms with van der Waals surface area (Å²) < 4.78 is 1.19. The van der Waals surface area contributed by atoms with Gasteiger partial charge in [0.05, 0.1) is 0 Å². The Labute approximate surface area is 129 Å². The summed E-state index contributed by atoms with van der Waals surface area (Å²) in [5.41, 5.74) is 6.74. The molecule has 3 heteroatoms. The molecule has 1 saturated carbocycles. The third-order valence-corrected chi connectivity index (χ3v) is 6.59. The van der Waals surface area contributed by atoms with Crippen molar-refractivity contribution in [3.8, 4) is 0 Å². The number of benzene rings is 1. The van der Waals surface area contributed by atoms with Gasteiger partial charge >= 0.3 is 0 Å². The van der Waals surface area contributed by atoms with Gasteiger partial charge in [-0.1, -0.05) is 32.9 Å². The summed E-state index contributed by atoms with van der Waals surface area (Å²) >= 11 is 5.58. The highest BCUT2D eigenvalue weighted by molar-refractivity contribution is 9.10. The quantitative estimate of drug-likeness (QED) is 0.811. The Morgan fingerprint density at radius 2 is 1.89 bits per heavy atom. The fourth-order valence-electron chi connectivity index (χ4n) is 2.78. The molecular weight excluding hydrogens is 318 g/mol. The minimum absolute atomic E-state index is 0.329. The first-order valence-corrected chi connectivity index (χ1v) is 8.72. The Bertz CT molecular complexity index is 427. The Kier molecular flexibility index (Phi) is 5.02. The fraction of sp³-hybridized carbons (Fsp3) is 0.625. The van der Waals surface area contributed by atoms with E-state index in [0.29, 0.717) is 16.7 Å². The molecule has 0 spiro atoms. The SMILES string of the molecule is CC(C)(C)C1CCC(N)C(Sc2ccccc2Br)C1. The highest BCUT2D eigenvalue weighted by atomic mass is 79.9. The second-order valence-corrected chi connectivity index (χ2v) is 8.76. The van der Waals surface area contributed by atoms with E-state index in [1.165, 1.54) is 22.2 Å². The Morgan fingerprint density at radius 3 is 2.53 bits per heavy atom. The van der Waals surface area contributed by atoms with Crippen molar-refractivity contribution in [3.63, 3.8) is 0 Å². The van der Waals surface area contributed by atoms with Crippen LogP contribution in [0, 0.1) is 11.3 Å². The normalized spacial score (nSPS) is 28.4. The molecule has 3 atom stereocenters. The Balaban J connectivity index is 2.08. The summed E-state index contributed by atoms with van der Waals surface area (Å²) in [6.07, 6.45) is 3.67. The van der Waals surface area contributed by atoms with Crippen LogP contribution in [0.4, 0.5) is 0 Å². The summed E-state index contributed by atoms with van der Waals surface area (Å²) in [6.45, 7) is 7.07. The maximum absolute atomic E-state index is 6.35. The van der Waals surface area contributed by atoms with Gasteiger partial charge in [-0.3, -0.25) is 0 Å². The van der Waals surface area contributed by atoms with Crippen LogP contribution in [0.5, 0.6) is 0 Å². The summed E-state index contributed by atoms with van der Waals surface area (Å²) in [4.78, 5) is 1.32. The lowest BCUT2D eigenvalue weighted by Crippen LogP contribution is -2.41. The van der Waals surface area contributed by atoms with E-state index in [2.05, 4.69) is 61.0 Å². The molecule has 0 saturated heterocycles. The second-order valence-electron chi connectivity index (χ2n) is 6.63. The number of hydrogen-bond donors (Lipinski definition) is 1. The lowest BCUT2D eigenvalue weighted by atomic mass is 9.71. The molecule has 0 aliphatic heterocycles. The van der Waals surface area contributed by atoms with Gasteiger partial charge in [0.25, 0.3) is 0 Å². The number of nitrogens with two attached hydrogens (primary N) is 1. The summed E-state index contributed by atoms with van der Waals surface area (Å²) in [5, 5.41) is 0.539. The first-order valence-electron chi connectivity index (χ1n) is 7.04.